The van der Waals surface area contributed by atoms with Crippen LogP contribution < -0.4 is 0 Å². The number of aliphatic carboxylic acids is 1. The maximum atomic E-state index is 12.2. The largest absolute Gasteiger partial charge is 0.481 e. The molecule has 0 saturated heterocycles. The van der Waals surface area contributed by atoms with Gasteiger partial charge in [0.1, 0.15) is 11.3 Å². The second-order valence-corrected chi connectivity index (χ2v) is 4.78. The molecule has 0 aliphatic heterocycles. The maximum absolute atomic E-state index is 12.2. The minimum absolute atomic E-state index is 0.00713. The van der Waals surface area contributed by atoms with Gasteiger partial charge in [-0.1, -0.05) is 5.16 Å². The lowest BCUT2D eigenvalue weighted by Gasteiger charge is -2.39. The predicted molar refractivity (Wildman–Crippen MR) is 62.2 cm³/mol. The van der Waals surface area contributed by atoms with Crippen molar-refractivity contribution in [2.75, 3.05) is 7.05 Å². The molecule has 6 nitrogen and oxygen atoms in total. The van der Waals surface area contributed by atoms with Crippen LogP contribution in [0.3, 0.4) is 0 Å². The summed E-state index contributed by atoms with van der Waals surface area (Å²) in [5, 5.41) is 12.6. The SMILES string of the molecule is Cc1noc(C)c1C(=O)N(C)C1CC(C(=O)O)C1. The van der Waals surface area contributed by atoms with E-state index in [9.17, 15) is 9.59 Å². The minimum Gasteiger partial charge on any atom is -0.481 e. The van der Waals surface area contributed by atoms with Crippen LogP contribution in [0.15, 0.2) is 4.52 Å². The van der Waals surface area contributed by atoms with E-state index in [1.807, 2.05) is 0 Å². The third-order valence-electron chi connectivity index (χ3n) is 3.58. The zero-order chi connectivity index (χ0) is 13.4. The highest BCUT2D eigenvalue weighted by molar-refractivity contribution is 5.96. The van der Waals surface area contributed by atoms with Gasteiger partial charge in [-0.2, -0.15) is 0 Å². The molecule has 1 heterocycles. The number of hydrogen-bond acceptors (Lipinski definition) is 4. The topological polar surface area (TPSA) is 83.6 Å². The molecule has 18 heavy (non-hydrogen) atoms. The third-order valence-corrected chi connectivity index (χ3v) is 3.58. The molecule has 1 aromatic heterocycles. The molecule has 2 rings (SSSR count). The van der Waals surface area contributed by atoms with Crippen LogP contribution in [0.2, 0.25) is 0 Å². The zero-order valence-corrected chi connectivity index (χ0v) is 10.6. The van der Waals surface area contributed by atoms with Crippen molar-refractivity contribution in [3.8, 4) is 0 Å². The average molecular weight is 252 g/mol. The molecule has 0 spiro atoms. The number of nitrogens with zero attached hydrogens (tertiary/aromatic N) is 2. The van der Waals surface area contributed by atoms with E-state index in [1.54, 1.807) is 25.8 Å². The summed E-state index contributed by atoms with van der Waals surface area (Å²) >= 11 is 0. The van der Waals surface area contributed by atoms with E-state index in [4.69, 9.17) is 9.63 Å². The fourth-order valence-corrected chi connectivity index (χ4v) is 2.24. The molecule has 0 atom stereocenters. The Morgan fingerprint density at radius 2 is 2.00 bits per heavy atom. The molecule has 1 aromatic rings. The molecule has 0 unspecified atom stereocenters. The van der Waals surface area contributed by atoms with E-state index >= 15 is 0 Å². The summed E-state index contributed by atoms with van der Waals surface area (Å²) in [5.41, 5.74) is 1.05. The standard InChI is InChI=1S/C12H16N2O4/c1-6-10(7(2)18-13-6)11(15)14(3)9-4-8(5-9)12(16)17/h8-9H,4-5H2,1-3H3,(H,16,17). The van der Waals surface area contributed by atoms with Gasteiger partial charge in [0.25, 0.3) is 5.91 Å². The highest BCUT2D eigenvalue weighted by atomic mass is 16.5. The van der Waals surface area contributed by atoms with Crippen molar-refractivity contribution in [1.82, 2.24) is 10.1 Å². The number of carboxylic acid groups (broad SMARTS) is 1. The maximum Gasteiger partial charge on any atom is 0.306 e. The van der Waals surface area contributed by atoms with Crippen molar-refractivity contribution >= 4 is 11.9 Å². The Kier molecular flexibility index (Phi) is 3.11. The van der Waals surface area contributed by atoms with Crippen LogP contribution in [-0.4, -0.2) is 40.1 Å². The Balaban J connectivity index is 2.05. The van der Waals surface area contributed by atoms with Crippen molar-refractivity contribution < 1.29 is 19.2 Å². The van der Waals surface area contributed by atoms with Crippen molar-refractivity contribution in [1.29, 1.82) is 0 Å². The van der Waals surface area contributed by atoms with Crippen LogP contribution in [0.5, 0.6) is 0 Å². The molecule has 1 fully saturated rings. The number of aromatic nitrogens is 1. The molecule has 1 aliphatic rings. The first-order valence-electron chi connectivity index (χ1n) is 5.84. The van der Waals surface area contributed by atoms with Gasteiger partial charge in [-0.05, 0) is 26.7 Å². The van der Waals surface area contributed by atoms with E-state index in [0.29, 0.717) is 29.9 Å². The van der Waals surface area contributed by atoms with Crippen molar-refractivity contribution in [2.24, 2.45) is 5.92 Å². The van der Waals surface area contributed by atoms with Gasteiger partial charge >= 0.3 is 5.97 Å². The third kappa shape index (κ3) is 1.98. The first kappa shape index (κ1) is 12.6. The summed E-state index contributed by atoms with van der Waals surface area (Å²) in [7, 11) is 1.69. The molecular weight excluding hydrogens is 236 g/mol. The van der Waals surface area contributed by atoms with E-state index < -0.39 is 5.97 Å². The highest BCUT2D eigenvalue weighted by Gasteiger charge is 2.39. The van der Waals surface area contributed by atoms with E-state index in [0.717, 1.165) is 0 Å². The molecule has 0 radical (unpaired) electrons. The Bertz CT molecular complexity index is 469. The molecular formula is C12H16N2O4. The van der Waals surface area contributed by atoms with Crippen LogP contribution in [-0.2, 0) is 4.79 Å². The van der Waals surface area contributed by atoms with E-state index in [2.05, 4.69) is 5.16 Å². The summed E-state index contributed by atoms with van der Waals surface area (Å²) in [5.74, 6) is -0.766. The van der Waals surface area contributed by atoms with Crippen LogP contribution in [0.25, 0.3) is 0 Å². The lowest BCUT2D eigenvalue weighted by Crippen LogP contribution is -2.47. The number of aryl methyl sites for hydroxylation is 2. The minimum atomic E-state index is -0.788. The van der Waals surface area contributed by atoms with Gasteiger partial charge < -0.3 is 14.5 Å². The first-order valence-corrected chi connectivity index (χ1v) is 5.84. The lowest BCUT2D eigenvalue weighted by molar-refractivity contribution is -0.146. The quantitative estimate of drug-likeness (QED) is 0.874. The van der Waals surface area contributed by atoms with Crippen LogP contribution in [0.4, 0.5) is 0 Å². The molecule has 1 aliphatic carbocycles. The van der Waals surface area contributed by atoms with Gasteiger partial charge in [-0.25, -0.2) is 0 Å². The monoisotopic (exact) mass is 252 g/mol. The molecule has 1 saturated carbocycles. The molecule has 1 amide bonds. The molecule has 0 bridgehead atoms. The number of carboxylic acids is 1. The van der Waals surface area contributed by atoms with Crippen molar-refractivity contribution in [3.63, 3.8) is 0 Å². The van der Waals surface area contributed by atoms with Crippen LogP contribution in [0, 0.1) is 19.8 Å². The van der Waals surface area contributed by atoms with E-state index in [1.165, 1.54) is 0 Å². The second kappa shape index (κ2) is 4.44. The summed E-state index contributed by atoms with van der Waals surface area (Å²) in [6, 6.07) is -0.00713. The van der Waals surface area contributed by atoms with Gasteiger partial charge in [0, 0.05) is 13.1 Å². The molecule has 6 heteroatoms. The summed E-state index contributed by atoms with van der Waals surface area (Å²) < 4.78 is 4.97. The highest BCUT2D eigenvalue weighted by Crippen LogP contribution is 2.32. The summed E-state index contributed by atoms with van der Waals surface area (Å²) in [4.78, 5) is 24.6. The molecule has 1 N–H and O–H groups in total. The molecule has 98 valence electrons. The van der Waals surface area contributed by atoms with Gasteiger partial charge in [-0.15, -0.1) is 0 Å². The normalized spacial score (nSPS) is 22.4. The smallest absolute Gasteiger partial charge is 0.306 e. The number of amides is 1. The Labute approximate surface area is 105 Å². The van der Waals surface area contributed by atoms with E-state index in [-0.39, 0.29) is 17.9 Å². The van der Waals surface area contributed by atoms with Gasteiger partial charge in [0.05, 0.1) is 11.6 Å². The Morgan fingerprint density at radius 3 is 2.44 bits per heavy atom. The fourth-order valence-electron chi connectivity index (χ4n) is 2.24. The fraction of sp³-hybridized carbons (Fsp3) is 0.583. The average Bonchev–Trinajstić information content (AvgIpc) is 2.54. The Hall–Kier alpha value is -1.85. The number of rotatable bonds is 3. The van der Waals surface area contributed by atoms with Crippen molar-refractivity contribution in [2.45, 2.75) is 32.7 Å². The van der Waals surface area contributed by atoms with Gasteiger partial charge in [0.2, 0.25) is 0 Å². The lowest BCUT2D eigenvalue weighted by atomic mass is 9.79. The van der Waals surface area contributed by atoms with Gasteiger partial charge in [-0.3, -0.25) is 9.59 Å². The van der Waals surface area contributed by atoms with Crippen molar-refractivity contribution in [3.05, 3.63) is 17.0 Å². The number of hydrogen-bond donors (Lipinski definition) is 1. The summed E-state index contributed by atoms with van der Waals surface area (Å²) in [6.07, 6.45) is 1.03. The van der Waals surface area contributed by atoms with Crippen LogP contribution >= 0.6 is 0 Å². The number of carbonyl (C=O) groups excluding carboxylic acids is 1. The zero-order valence-electron chi connectivity index (χ0n) is 10.6. The van der Waals surface area contributed by atoms with Gasteiger partial charge in [0.15, 0.2) is 0 Å². The predicted octanol–water partition coefficient (Wildman–Crippen LogP) is 1.23. The van der Waals surface area contributed by atoms with Crippen LogP contribution in [0.1, 0.15) is 34.7 Å². The second-order valence-electron chi connectivity index (χ2n) is 4.78. The summed E-state index contributed by atoms with van der Waals surface area (Å²) in [6.45, 7) is 3.42. The Morgan fingerprint density at radius 1 is 1.39 bits per heavy atom. The molecule has 0 aromatic carbocycles. The first-order chi connectivity index (χ1) is 8.41. The number of carbonyl (C=O) groups is 2.